The SMILES string of the molecule is Cc1ccc(C(C)C)c(F)c1. The van der Waals surface area contributed by atoms with E-state index in [4.69, 9.17) is 0 Å². The van der Waals surface area contributed by atoms with Crippen molar-refractivity contribution < 1.29 is 4.39 Å². The first-order valence-corrected chi connectivity index (χ1v) is 3.87. The monoisotopic (exact) mass is 152 g/mol. The summed E-state index contributed by atoms with van der Waals surface area (Å²) in [4.78, 5) is 0. The van der Waals surface area contributed by atoms with Gasteiger partial charge in [-0.1, -0.05) is 26.0 Å². The molecule has 0 bridgehead atoms. The third-order valence-corrected chi connectivity index (χ3v) is 1.78. The van der Waals surface area contributed by atoms with Crippen LogP contribution in [0.25, 0.3) is 0 Å². The maximum Gasteiger partial charge on any atom is 0.126 e. The lowest BCUT2D eigenvalue weighted by Gasteiger charge is -2.06. The van der Waals surface area contributed by atoms with Crippen LogP contribution in [0.1, 0.15) is 30.9 Å². The van der Waals surface area contributed by atoms with Gasteiger partial charge in [0, 0.05) is 0 Å². The van der Waals surface area contributed by atoms with Crippen molar-refractivity contribution in [3.63, 3.8) is 0 Å². The predicted molar refractivity (Wildman–Crippen MR) is 45.2 cm³/mol. The van der Waals surface area contributed by atoms with Gasteiger partial charge in [-0.2, -0.15) is 0 Å². The topological polar surface area (TPSA) is 0 Å². The van der Waals surface area contributed by atoms with Gasteiger partial charge < -0.3 is 0 Å². The molecular formula is C10H13F. The van der Waals surface area contributed by atoms with Crippen LogP contribution in [0.2, 0.25) is 0 Å². The van der Waals surface area contributed by atoms with Crippen molar-refractivity contribution in [3.8, 4) is 0 Å². The summed E-state index contributed by atoms with van der Waals surface area (Å²) in [6.45, 7) is 5.88. The van der Waals surface area contributed by atoms with E-state index < -0.39 is 0 Å². The number of halogens is 1. The molecule has 1 heteroatoms. The Labute approximate surface area is 67.1 Å². The molecule has 0 fully saturated rings. The van der Waals surface area contributed by atoms with Crippen molar-refractivity contribution in [3.05, 3.63) is 35.1 Å². The first-order valence-electron chi connectivity index (χ1n) is 3.87. The molecule has 0 spiro atoms. The van der Waals surface area contributed by atoms with E-state index in [9.17, 15) is 4.39 Å². The molecule has 0 saturated carbocycles. The Balaban J connectivity index is 3.09. The molecular weight excluding hydrogens is 139 g/mol. The van der Waals surface area contributed by atoms with Gasteiger partial charge in [0.25, 0.3) is 0 Å². The van der Waals surface area contributed by atoms with Crippen LogP contribution in [-0.2, 0) is 0 Å². The highest BCUT2D eigenvalue weighted by atomic mass is 19.1. The van der Waals surface area contributed by atoms with Crippen molar-refractivity contribution >= 4 is 0 Å². The summed E-state index contributed by atoms with van der Waals surface area (Å²) in [6, 6.07) is 5.38. The third kappa shape index (κ3) is 1.79. The van der Waals surface area contributed by atoms with Crippen LogP contribution in [0.4, 0.5) is 4.39 Å². The van der Waals surface area contributed by atoms with Crippen LogP contribution < -0.4 is 0 Å². The minimum absolute atomic E-state index is 0.0833. The van der Waals surface area contributed by atoms with Crippen molar-refractivity contribution in [1.82, 2.24) is 0 Å². The molecule has 0 radical (unpaired) electrons. The average Bonchev–Trinajstić information content (AvgIpc) is 1.85. The number of benzene rings is 1. The molecule has 0 atom stereocenters. The van der Waals surface area contributed by atoms with Gasteiger partial charge >= 0.3 is 0 Å². The van der Waals surface area contributed by atoms with Crippen molar-refractivity contribution in [2.45, 2.75) is 26.7 Å². The highest BCUT2D eigenvalue weighted by molar-refractivity contribution is 5.25. The summed E-state index contributed by atoms with van der Waals surface area (Å²) in [5, 5.41) is 0. The summed E-state index contributed by atoms with van der Waals surface area (Å²) < 4.78 is 13.1. The number of rotatable bonds is 1. The molecule has 0 saturated heterocycles. The first-order chi connectivity index (χ1) is 5.11. The Morgan fingerprint density at radius 1 is 1.27 bits per heavy atom. The minimum atomic E-state index is -0.0833. The van der Waals surface area contributed by atoms with E-state index >= 15 is 0 Å². The molecule has 0 nitrogen and oxygen atoms in total. The summed E-state index contributed by atoms with van der Waals surface area (Å²) in [5.74, 6) is 0.190. The van der Waals surface area contributed by atoms with Crippen LogP contribution in [0, 0.1) is 12.7 Å². The lowest BCUT2D eigenvalue weighted by Crippen LogP contribution is -1.92. The lowest BCUT2D eigenvalue weighted by atomic mass is 10.0. The zero-order valence-corrected chi connectivity index (χ0v) is 7.19. The molecule has 1 aromatic rings. The second kappa shape index (κ2) is 3.04. The number of aryl methyl sites for hydroxylation is 1. The van der Waals surface area contributed by atoms with Crippen LogP contribution in [0.5, 0.6) is 0 Å². The van der Waals surface area contributed by atoms with E-state index in [1.807, 2.05) is 32.9 Å². The molecule has 0 unspecified atom stereocenters. The molecule has 60 valence electrons. The lowest BCUT2D eigenvalue weighted by molar-refractivity contribution is 0.597. The van der Waals surface area contributed by atoms with Crippen molar-refractivity contribution in [2.24, 2.45) is 0 Å². The van der Waals surface area contributed by atoms with E-state index in [1.54, 1.807) is 6.07 Å². The smallest absolute Gasteiger partial charge is 0.126 e. The number of hydrogen-bond acceptors (Lipinski definition) is 0. The number of hydrogen-bond donors (Lipinski definition) is 0. The molecule has 1 rings (SSSR count). The maximum absolute atomic E-state index is 13.1. The van der Waals surface area contributed by atoms with E-state index in [1.165, 1.54) is 0 Å². The highest BCUT2D eigenvalue weighted by Crippen LogP contribution is 2.18. The second-order valence-corrected chi connectivity index (χ2v) is 3.18. The Morgan fingerprint density at radius 2 is 1.91 bits per heavy atom. The van der Waals surface area contributed by atoms with Gasteiger partial charge in [-0.3, -0.25) is 0 Å². The Morgan fingerprint density at radius 3 is 2.36 bits per heavy atom. The van der Waals surface area contributed by atoms with E-state index in [-0.39, 0.29) is 11.7 Å². The van der Waals surface area contributed by atoms with Crippen LogP contribution >= 0.6 is 0 Å². The van der Waals surface area contributed by atoms with Crippen molar-refractivity contribution in [1.29, 1.82) is 0 Å². The molecule has 0 N–H and O–H groups in total. The molecule has 0 aliphatic rings. The van der Waals surface area contributed by atoms with Gasteiger partial charge in [0.1, 0.15) is 5.82 Å². The molecule has 0 aromatic heterocycles. The molecule has 0 amide bonds. The Bertz CT molecular complexity index is 251. The van der Waals surface area contributed by atoms with Gasteiger partial charge in [0.2, 0.25) is 0 Å². The first kappa shape index (κ1) is 8.25. The summed E-state index contributed by atoms with van der Waals surface area (Å²) >= 11 is 0. The van der Waals surface area contributed by atoms with Gasteiger partial charge in [-0.15, -0.1) is 0 Å². The zero-order valence-electron chi connectivity index (χ0n) is 7.19. The largest absolute Gasteiger partial charge is 0.207 e. The van der Waals surface area contributed by atoms with E-state index in [2.05, 4.69) is 0 Å². The predicted octanol–water partition coefficient (Wildman–Crippen LogP) is 3.26. The average molecular weight is 152 g/mol. The third-order valence-electron chi connectivity index (χ3n) is 1.78. The standard InChI is InChI=1S/C10H13F/c1-7(2)9-5-4-8(3)6-10(9)11/h4-7H,1-3H3. The van der Waals surface area contributed by atoms with Crippen molar-refractivity contribution in [2.75, 3.05) is 0 Å². The second-order valence-electron chi connectivity index (χ2n) is 3.18. The van der Waals surface area contributed by atoms with Gasteiger partial charge in [-0.05, 0) is 30.0 Å². The van der Waals surface area contributed by atoms with Crippen LogP contribution in [-0.4, -0.2) is 0 Å². The molecule has 0 aliphatic heterocycles. The molecule has 1 aromatic carbocycles. The Kier molecular flexibility index (Phi) is 2.28. The van der Waals surface area contributed by atoms with E-state index in [0.29, 0.717) is 0 Å². The molecule has 0 heterocycles. The minimum Gasteiger partial charge on any atom is -0.207 e. The Hall–Kier alpha value is -0.850. The maximum atomic E-state index is 13.1. The van der Waals surface area contributed by atoms with Crippen LogP contribution in [0.3, 0.4) is 0 Å². The van der Waals surface area contributed by atoms with Crippen LogP contribution in [0.15, 0.2) is 18.2 Å². The quantitative estimate of drug-likeness (QED) is 0.579. The van der Waals surface area contributed by atoms with E-state index in [0.717, 1.165) is 11.1 Å². The zero-order chi connectivity index (χ0) is 8.43. The van der Waals surface area contributed by atoms with Gasteiger partial charge in [0.05, 0.1) is 0 Å². The van der Waals surface area contributed by atoms with Gasteiger partial charge in [-0.25, -0.2) is 4.39 Å². The summed E-state index contributed by atoms with van der Waals surface area (Å²) in [6.07, 6.45) is 0. The fraction of sp³-hybridized carbons (Fsp3) is 0.400. The fourth-order valence-electron chi connectivity index (χ4n) is 1.10. The highest BCUT2D eigenvalue weighted by Gasteiger charge is 2.04. The fourth-order valence-corrected chi connectivity index (χ4v) is 1.10. The molecule has 0 aliphatic carbocycles. The summed E-state index contributed by atoms with van der Waals surface area (Å²) in [5.41, 5.74) is 1.78. The normalized spacial score (nSPS) is 10.6. The molecule has 11 heavy (non-hydrogen) atoms. The summed E-state index contributed by atoms with van der Waals surface area (Å²) in [7, 11) is 0. The van der Waals surface area contributed by atoms with Gasteiger partial charge in [0.15, 0.2) is 0 Å².